The number of nitrogens with two attached hydrogens (primary N) is 1. The van der Waals surface area contributed by atoms with Gasteiger partial charge in [-0.2, -0.15) is 0 Å². The lowest BCUT2D eigenvalue weighted by Gasteiger charge is -2.46. The second kappa shape index (κ2) is 6.32. The predicted molar refractivity (Wildman–Crippen MR) is 84.3 cm³/mol. The minimum absolute atomic E-state index is 0.170. The molecule has 1 aromatic rings. The maximum Gasteiger partial charge on any atom is 0.137 e. The van der Waals surface area contributed by atoms with Gasteiger partial charge in [-0.15, -0.1) is 0 Å². The van der Waals surface area contributed by atoms with Crippen LogP contribution in [0.5, 0.6) is 5.75 Å². The number of nitrogens with zero attached hydrogens (tertiary/aromatic N) is 1. The van der Waals surface area contributed by atoms with Gasteiger partial charge in [0.05, 0.1) is 24.9 Å². The Balaban J connectivity index is 2.25. The summed E-state index contributed by atoms with van der Waals surface area (Å²) in [5.74, 6) is 0.741. The van der Waals surface area contributed by atoms with Crippen LogP contribution < -0.4 is 10.5 Å². The Morgan fingerprint density at radius 2 is 1.90 bits per heavy atom. The topological polar surface area (TPSA) is 57.4 Å². The molecule has 0 spiro atoms. The SMILES string of the molecule is CCOC1(C(N)c2cncc(OC)c2)CCC(C)(C)CC1. The molecular formula is C17H28N2O2. The van der Waals surface area contributed by atoms with E-state index in [1.165, 1.54) is 0 Å². The highest BCUT2D eigenvalue weighted by atomic mass is 16.5. The van der Waals surface area contributed by atoms with Crippen LogP contribution in [0.1, 0.15) is 58.1 Å². The molecule has 21 heavy (non-hydrogen) atoms. The van der Waals surface area contributed by atoms with Gasteiger partial charge in [-0.3, -0.25) is 4.98 Å². The molecule has 1 aromatic heterocycles. The quantitative estimate of drug-likeness (QED) is 0.903. The lowest BCUT2D eigenvalue weighted by atomic mass is 9.67. The van der Waals surface area contributed by atoms with E-state index in [2.05, 4.69) is 18.8 Å². The van der Waals surface area contributed by atoms with Gasteiger partial charge >= 0.3 is 0 Å². The van der Waals surface area contributed by atoms with Crippen LogP contribution in [0.4, 0.5) is 0 Å². The third-order valence-electron chi connectivity index (χ3n) is 4.78. The highest BCUT2D eigenvalue weighted by molar-refractivity contribution is 5.28. The second-order valence-electron chi connectivity index (χ2n) is 6.80. The van der Waals surface area contributed by atoms with Crippen molar-refractivity contribution >= 4 is 0 Å². The van der Waals surface area contributed by atoms with Crippen LogP contribution >= 0.6 is 0 Å². The first-order valence-electron chi connectivity index (χ1n) is 7.81. The first-order valence-corrected chi connectivity index (χ1v) is 7.81. The average Bonchev–Trinajstić information content (AvgIpc) is 2.49. The van der Waals surface area contributed by atoms with Crippen molar-refractivity contribution in [1.29, 1.82) is 0 Å². The van der Waals surface area contributed by atoms with Gasteiger partial charge < -0.3 is 15.2 Å². The van der Waals surface area contributed by atoms with E-state index in [-0.39, 0.29) is 11.6 Å². The summed E-state index contributed by atoms with van der Waals surface area (Å²) in [5.41, 5.74) is 7.67. The van der Waals surface area contributed by atoms with E-state index < -0.39 is 0 Å². The fraction of sp³-hybridized carbons (Fsp3) is 0.706. The van der Waals surface area contributed by atoms with Crippen molar-refractivity contribution in [2.45, 2.75) is 58.1 Å². The molecule has 1 saturated carbocycles. The van der Waals surface area contributed by atoms with E-state index in [0.29, 0.717) is 12.0 Å². The number of ether oxygens (including phenoxy) is 2. The predicted octanol–water partition coefficient (Wildman–Crippen LogP) is 3.47. The number of methoxy groups -OCH3 is 1. The number of rotatable bonds is 5. The highest BCUT2D eigenvalue weighted by Crippen LogP contribution is 2.47. The van der Waals surface area contributed by atoms with Crippen LogP contribution in [0.2, 0.25) is 0 Å². The Kier molecular flexibility index (Phi) is 4.89. The average molecular weight is 292 g/mol. The standard InChI is InChI=1S/C17H28N2O2/c1-5-21-17(8-6-16(2,3)7-9-17)15(18)13-10-14(20-4)12-19-11-13/h10-12,15H,5-9,18H2,1-4H3. The first kappa shape index (κ1) is 16.2. The molecule has 1 aliphatic rings. The minimum atomic E-state index is -0.279. The molecule has 0 amide bonds. The fourth-order valence-corrected chi connectivity index (χ4v) is 3.20. The summed E-state index contributed by atoms with van der Waals surface area (Å²) in [7, 11) is 1.65. The van der Waals surface area contributed by atoms with Crippen LogP contribution in [0.3, 0.4) is 0 Å². The summed E-state index contributed by atoms with van der Waals surface area (Å²) in [6, 6.07) is 1.80. The number of pyridine rings is 1. The van der Waals surface area contributed by atoms with Crippen molar-refractivity contribution in [3.63, 3.8) is 0 Å². The van der Waals surface area contributed by atoms with Gasteiger partial charge in [0.25, 0.3) is 0 Å². The Bertz CT molecular complexity index is 464. The third-order valence-corrected chi connectivity index (χ3v) is 4.78. The van der Waals surface area contributed by atoms with Gasteiger partial charge in [-0.05, 0) is 49.7 Å². The zero-order chi connectivity index (χ0) is 15.5. The Labute approximate surface area is 128 Å². The molecule has 2 N–H and O–H groups in total. The van der Waals surface area contributed by atoms with Crippen molar-refractivity contribution in [3.8, 4) is 5.75 Å². The maximum absolute atomic E-state index is 6.58. The summed E-state index contributed by atoms with van der Waals surface area (Å²) >= 11 is 0. The summed E-state index contributed by atoms with van der Waals surface area (Å²) < 4.78 is 11.4. The van der Waals surface area contributed by atoms with E-state index >= 15 is 0 Å². The van der Waals surface area contributed by atoms with Gasteiger partial charge in [0.1, 0.15) is 5.75 Å². The normalized spacial score (nSPS) is 21.8. The number of hydrogen-bond acceptors (Lipinski definition) is 4. The molecule has 0 radical (unpaired) electrons. The van der Waals surface area contributed by atoms with E-state index in [1.54, 1.807) is 13.3 Å². The molecule has 0 bridgehead atoms. The molecule has 0 aliphatic heterocycles. The van der Waals surface area contributed by atoms with E-state index in [0.717, 1.165) is 37.0 Å². The lowest BCUT2D eigenvalue weighted by molar-refractivity contribution is -0.100. The fourth-order valence-electron chi connectivity index (χ4n) is 3.20. The molecule has 1 unspecified atom stereocenters. The monoisotopic (exact) mass is 292 g/mol. The van der Waals surface area contributed by atoms with Crippen LogP contribution in [-0.4, -0.2) is 24.3 Å². The Morgan fingerprint density at radius 1 is 1.24 bits per heavy atom. The Morgan fingerprint density at radius 3 is 2.48 bits per heavy atom. The summed E-state index contributed by atoms with van der Waals surface area (Å²) in [4.78, 5) is 4.23. The Hall–Kier alpha value is -1.13. The van der Waals surface area contributed by atoms with Crippen LogP contribution in [0.15, 0.2) is 18.5 Å². The summed E-state index contributed by atoms with van der Waals surface area (Å²) in [6.45, 7) is 7.37. The van der Waals surface area contributed by atoms with E-state index in [4.69, 9.17) is 15.2 Å². The van der Waals surface area contributed by atoms with Crippen molar-refractivity contribution < 1.29 is 9.47 Å². The van der Waals surface area contributed by atoms with Gasteiger partial charge in [0, 0.05) is 12.8 Å². The number of aromatic nitrogens is 1. The number of hydrogen-bond donors (Lipinski definition) is 1. The van der Waals surface area contributed by atoms with Crippen molar-refractivity contribution in [1.82, 2.24) is 4.98 Å². The highest BCUT2D eigenvalue weighted by Gasteiger charge is 2.44. The molecule has 4 heteroatoms. The molecule has 0 saturated heterocycles. The zero-order valence-electron chi connectivity index (χ0n) is 13.7. The molecule has 2 rings (SSSR count). The van der Waals surface area contributed by atoms with Crippen molar-refractivity contribution in [2.24, 2.45) is 11.1 Å². The molecule has 0 aromatic carbocycles. The van der Waals surface area contributed by atoms with Crippen LogP contribution in [-0.2, 0) is 4.74 Å². The zero-order valence-corrected chi connectivity index (χ0v) is 13.7. The summed E-state index contributed by atoms with van der Waals surface area (Å²) in [6.07, 6.45) is 7.79. The van der Waals surface area contributed by atoms with Gasteiger partial charge in [-0.25, -0.2) is 0 Å². The smallest absolute Gasteiger partial charge is 0.137 e. The first-order chi connectivity index (χ1) is 9.92. The summed E-state index contributed by atoms with van der Waals surface area (Å²) in [5, 5.41) is 0. The van der Waals surface area contributed by atoms with Crippen LogP contribution in [0, 0.1) is 5.41 Å². The molecule has 118 valence electrons. The lowest BCUT2D eigenvalue weighted by Crippen LogP contribution is -2.48. The molecule has 1 fully saturated rings. The largest absolute Gasteiger partial charge is 0.495 e. The minimum Gasteiger partial charge on any atom is -0.495 e. The third kappa shape index (κ3) is 3.55. The van der Waals surface area contributed by atoms with E-state index in [9.17, 15) is 0 Å². The second-order valence-corrected chi connectivity index (χ2v) is 6.80. The molecule has 1 aliphatic carbocycles. The van der Waals surface area contributed by atoms with Crippen molar-refractivity contribution in [3.05, 3.63) is 24.0 Å². The molecular weight excluding hydrogens is 264 g/mol. The van der Waals surface area contributed by atoms with Gasteiger partial charge in [0.2, 0.25) is 0 Å². The van der Waals surface area contributed by atoms with Crippen molar-refractivity contribution in [2.75, 3.05) is 13.7 Å². The molecule has 1 atom stereocenters. The van der Waals surface area contributed by atoms with Crippen LogP contribution in [0.25, 0.3) is 0 Å². The molecule has 4 nitrogen and oxygen atoms in total. The molecule has 1 heterocycles. The van der Waals surface area contributed by atoms with Gasteiger partial charge in [0.15, 0.2) is 0 Å². The van der Waals surface area contributed by atoms with E-state index in [1.807, 2.05) is 19.2 Å². The van der Waals surface area contributed by atoms with Gasteiger partial charge in [-0.1, -0.05) is 13.8 Å². The maximum atomic E-state index is 6.58.